The number of rotatable bonds is 7. The molecule has 0 amide bonds. The minimum absolute atomic E-state index is 0.236. The molecule has 1 N–H and O–H groups in total. The van der Waals surface area contributed by atoms with Crippen LogP contribution in [-0.2, 0) is 17.8 Å². The van der Waals surface area contributed by atoms with Crippen LogP contribution in [0.1, 0.15) is 17.2 Å². The topological polar surface area (TPSA) is 68.5 Å². The van der Waals surface area contributed by atoms with Gasteiger partial charge in [-0.25, -0.2) is 4.79 Å². The average molecular weight is 349 g/mol. The van der Waals surface area contributed by atoms with Crippen LogP contribution in [0.3, 0.4) is 0 Å². The summed E-state index contributed by atoms with van der Waals surface area (Å²) in [6.07, 6.45) is 1.71. The number of pyridine rings is 1. The van der Waals surface area contributed by atoms with Crippen LogP contribution in [0.25, 0.3) is 0 Å². The van der Waals surface area contributed by atoms with Gasteiger partial charge in [0.15, 0.2) is 0 Å². The van der Waals surface area contributed by atoms with Gasteiger partial charge < -0.3 is 14.4 Å². The van der Waals surface area contributed by atoms with Gasteiger partial charge in [-0.15, -0.1) is 0 Å². The van der Waals surface area contributed by atoms with Crippen molar-refractivity contribution in [3.8, 4) is 5.75 Å². The minimum Gasteiger partial charge on any atom is -0.489 e. The second-order valence-corrected chi connectivity index (χ2v) is 5.93. The summed E-state index contributed by atoms with van der Waals surface area (Å²) < 4.78 is 6.85. The molecule has 1 aromatic heterocycles. The third kappa shape index (κ3) is 4.39. The van der Waals surface area contributed by atoms with E-state index >= 15 is 0 Å². The number of nitrogens with zero attached hydrogens (tertiary/aromatic N) is 1. The quantitative estimate of drug-likeness (QED) is 0.711. The molecule has 0 aliphatic carbocycles. The molecule has 2 aromatic carbocycles. The Bertz CT molecular complexity index is 920. The zero-order valence-corrected chi connectivity index (χ0v) is 14.1. The van der Waals surface area contributed by atoms with Gasteiger partial charge in [0.05, 0.1) is 0 Å². The lowest BCUT2D eigenvalue weighted by Crippen LogP contribution is -2.30. The maximum atomic E-state index is 12.4. The van der Waals surface area contributed by atoms with E-state index in [4.69, 9.17) is 4.74 Å². The standard InChI is InChI=1S/C21H19NO4/c23-20-14-18(26-15-17-9-5-2-6-10-17)11-12-22(20)19(21(24)25)13-16-7-3-1-4-8-16/h1-12,14,19H,13,15H2,(H,24,25)/t19-/m0/s1. The third-order valence-corrected chi connectivity index (χ3v) is 4.06. The Labute approximate surface area is 151 Å². The van der Waals surface area contributed by atoms with E-state index in [1.54, 1.807) is 6.07 Å². The molecule has 0 fully saturated rings. The van der Waals surface area contributed by atoms with Gasteiger partial charge >= 0.3 is 5.97 Å². The van der Waals surface area contributed by atoms with Gasteiger partial charge in [0, 0.05) is 18.7 Å². The number of carbonyl (C=O) groups is 1. The second-order valence-electron chi connectivity index (χ2n) is 5.93. The molecule has 3 aromatic rings. The first-order chi connectivity index (χ1) is 12.6. The Morgan fingerprint density at radius 3 is 2.15 bits per heavy atom. The molecule has 5 nitrogen and oxygen atoms in total. The van der Waals surface area contributed by atoms with Gasteiger partial charge in [-0.05, 0) is 17.2 Å². The van der Waals surface area contributed by atoms with Gasteiger partial charge in [-0.2, -0.15) is 0 Å². The molecular formula is C21H19NO4. The molecule has 132 valence electrons. The molecule has 5 heteroatoms. The van der Waals surface area contributed by atoms with Crippen LogP contribution in [0.4, 0.5) is 0 Å². The molecule has 0 radical (unpaired) electrons. The molecule has 3 rings (SSSR count). The van der Waals surface area contributed by atoms with Gasteiger partial charge in [0.2, 0.25) is 0 Å². The van der Waals surface area contributed by atoms with Crippen LogP contribution in [0.15, 0.2) is 83.8 Å². The average Bonchev–Trinajstić information content (AvgIpc) is 2.66. The molecule has 0 aliphatic rings. The summed E-state index contributed by atoms with van der Waals surface area (Å²) in [4.78, 5) is 24.1. The number of ether oxygens (including phenoxy) is 1. The Kier molecular flexibility index (Phi) is 5.49. The smallest absolute Gasteiger partial charge is 0.327 e. The largest absolute Gasteiger partial charge is 0.489 e. The third-order valence-electron chi connectivity index (χ3n) is 4.06. The first kappa shape index (κ1) is 17.5. The number of hydrogen-bond acceptors (Lipinski definition) is 3. The second kappa shape index (κ2) is 8.16. The number of aliphatic carboxylic acids is 1. The first-order valence-electron chi connectivity index (χ1n) is 8.29. The minimum atomic E-state index is -1.05. The SMILES string of the molecule is O=C(O)[C@H](Cc1ccccc1)n1ccc(OCc2ccccc2)cc1=O. The highest BCUT2D eigenvalue weighted by Gasteiger charge is 2.21. The lowest BCUT2D eigenvalue weighted by atomic mass is 10.1. The summed E-state index contributed by atoms with van der Waals surface area (Å²) >= 11 is 0. The fourth-order valence-electron chi connectivity index (χ4n) is 2.70. The summed E-state index contributed by atoms with van der Waals surface area (Å²) in [7, 11) is 0. The van der Waals surface area contributed by atoms with Crippen LogP contribution in [0, 0.1) is 0 Å². The highest BCUT2D eigenvalue weighted by Crippen LogP contribution is 2.16. The summed E-state index contributed by atoms with van der Waals surface area (Å²) in [5.74, 6) is -0.632. The van der Waals surface area contributed by atoms with Gasteiger partial charge in [0.1, 0.15) is 18.4 Å². The molecular weight excluding hydrogens is 330 g/mol. The molecule has 0 saturated heterocycles. The van der Waals surface area contributed by atoms with Crippen molar-refractivity contribution in [1.82, 2.24) is 4.57 Å². The van der Waals surface area contributed by atoms with E-state index < -0.39 is 17.6 Å². The lowest BCUT2D eigenvalue weighted by Gasteiger charge is -2.16. The summed E-state index contributed by atoms with van der Waals surface area (Å²) in [5, 5.41) is 9.54. The highest BCUT2D eigenvalue weighted by atomic mass is 16.5. The fourth-order valence-corrected chi connectivity index (χ4v) is 2.70. The number of benzene rings is 2. The number of hydrogen-bond donors (Lipinski definition) is 1. The Morgan fingerprint density at radius 2 is 1.58 bits per heavy atom. The van der Waals surface area contributed by atoms with E-state index in [1.165, 1.54) is 16.8 Å². The van der Waals surface area contributed by atoms with Crippen molar-refractivity contribution in [3.63, 3.8) is 0 Å². The predicted molar refractivity (Wildman–Crippen MR) is 98.3 cm³/mol. The van der Waals surface area contributed by atoms with E-state index in [1.807, 2.05) is 60.7 Å². The van der Waals surface area contributed by atoms with Crippen LogP contribution in [-0.4, -0.2) is 15.6 Å². The van der Waals surface area contributed by atoms with Crippen molar-refractivity contribution in [3.05, 3.63) is 100 Å². The van der Waals surface area contributed by atoms with E-state index in [2.05, 4.69) is 0 Å². The monoisotopic (exact) mass is 349 g/mol. The van der Waals surface area contributed by atoms with Crippen molar-refractivity contribution in [1.29, 1.82) is 0 Å². The van der Waals surface area contributed by atoms with Crippen LogP contribution >= 0.6 is 0 Å². The molecule has 1 heterocycles. The molecule has 26 heavy (non-hydrogen) atoms. The van der Waals surface area contributed by atoms with E-state index in [9.17, 15) is 14.7 Å². The van der Waals surface area contributed by atoms with Crippen LogP contribution in [0.2, 0.25) is 0 Å². The van der Waals surface area contributed by atoms with Gasteiger partial charge in [-0.1, -0.05) is 60.7 Å². The van der Waals surface area contributed by atoms with Crippen LogP contribution < -0.4 is 10.3 Å². The van der Waals surface area contributed by atoms with Gasteiger partial charge in [0.25, 0.3) is 5.56 Å². The zero-order valence-electron chi connectivity index (χ0n) is 14.1. The number of carboxylic acids is 1. The van der Waals surface area contributed by atoms with Crippen molar-refractivity contribution < 1.29 is 14.6 Å². The molecule has 0 aliphatic heterocycles. The Morgan fingerprint density at radius 1 is 0.962 bits per heavy atom. The fraction of sp³-hybridized carbons (Fsp3) is 0.143. The van der Waals surface area contributed by atoms with Crippen molar-refractivity contribution in [2.75, 3.05) is 0 Å². The normalized spacial score (nSPS) is 11.7. The maximum Gasteiger partial charge on any atom is 0.327 e. The van der Waals surface area contributed by atoms with Crippen LogP contribution in [0.5, 0.6) is 5.75 Å². The lowest BCUT2D eigenvalue weighted by molar-refractivity contribution is -0.141. The molecule has 0 saturated carbocycles. The van der Waals surface area contributed by atoms with E-state index in [0.717, 1.165) is 11.1 Å². The summed E-state index contributed by atoms with van der Waals surface area (Å²) in [6, 6.07) is 20.8. The number of carboxylic acid groups (broad SMARTS) is 1. The first-order valence-corrected chi connectivity index (χ1v) is 8.29. The number of aromatic nitrogens is 1. The Balaban J connectivity index is 1.76. The molecule has 0 unspecified atom stereocenters. The predicted octanol–water partition coefficient (Wildman–Crippen LogP) is 3.30. The summed E-state index contributed by atoms with van der Waals surface area (Å²) in [5.41, 5.74) is 1.44. The van der Waals surface area contributed by atoms with E-state index in [-0.39, 0.29) is 6.42 Å². The maximum absolute atomic E-state index is 12.4. The molecule has 0 bridgehead atoms. The zero-order chi connectivity index (χ0) is 18.4. The van der Waals surface area contributed by atoms with Crippen molar-refractivity contribution >= 4 is 5.97 Å². The summed E-state index contributed by atoms with van der Waals surface area (Å²) in [6.45, 7) is 0.344. The molecule has 1 atom stereocenters. The highest BCUT2D eigenvalue weighted by molar-refractivity contribution is 5.72. The van der Waals surface area contributed by atoms with Crippen molar-refractivity contribution in [2.45, 2.75) is 19.1 Å². The molecule has 0 spiro atoms. The van der Waals surface area contributed by atoms with E-state index in [0.29, 0.717) is 12.4 Å². The Hall–Kier alpha value is -3.34. The van der Waals surface area contributed by atoms with Gasteiger partial charge in [-0.3, -0.25) is 4.79 Å². The van der Waals surface area contributed by atoms with Crippen molar-refractivity contribution in [2.24, 2.45) is 0 Å².